The second-order valence-electron chi connectivity index (χ2n) is 3.66. The molecular formula is C13H15NO6. The van der Waals surface area contributed by atoms with Crippen molar-refractivity contribution in [2.24, 2.45) is 0 Å². The molecule has 7 nitrogen and oxygen atoms in total. The van der Waals surface area contributed by atoms with Crippen molar-refractivity contribution < 1.29 is 28.6 Å². The zero-order chi connectivity index (χ0) is 15.0. The van der Waals surface area contributed by atoms with E-state index in [-0.39, 0.29) is 13.2 Å². The molecule has 0 atom stereocenters. The van der Waals surface area contributed by atoms with Crippen LogP contribution in [0.4, 0.5) is 9.59 Å². The third-order valence-electron chi connectivity index (χ3n) is 2.03. The van der Waals surface area contributed by atoms with Crippen LogP contribution in [0, 0.1) is 0 Å². The van der Waals surface area contributed by atoms with Crippen molar-refractivity contribution in [2.75, 3.05) is 6.61 Å². The van der Waals surface area contributed by atoms with Gasteiger partial charge < -0.3 is 14.2 Å². The Bertz CT molecular complexity index is 482. The lowest BCUT2D eigenvalue weighted by Crippen LogP contribution is -2.31. The lowest BCUT2D eigenvalue weighted by Gasteiger charge is -2.07. The Kier molecular flexibility index (Phi) is 6.02. The molecule has 7 heteroatoms. The van der Waals surface area contributed by atoms with Crippen molar-refractivity contribution in [1.82, 2.24) is 5.32 Å². The maximum absolute atomic E-state index is 11.2. The third-order valence-corrected chi connectivity index (χ3v) is 2.03. The smallest absolute Gasteiger partial charge is 0.416 e. The lowest BCUT2D eigenvalue weighted by atomic mass is 10.2. The predicted molar refractivity (Wildman–Crippen MR) is 68.1 cm³/mol. The van der Waals surface area contributed by atoms with Gasteiger partial charge in [-0.2, -0.15) is 0 Å². The summed E-state index contributed by atoms with van der Waals surface area (Å²) in [5, 5.41) is 1.90. The first-order chi connectivity index (χ1) is 9.51. The minimum absolute atomic E-state index is 0.0222. The molecule has 2 amide bonds. The zero-order valence-electron chi connectivity index (χ0n) is 11.2. The van der Waals surface area contributed by atoms with Crippen LogP contribution < -0.4 is 10.1 Å². The Hall–Kier alpha value is -2.57. The quantitative estimate of drug-likeness (QED) is 0.670. The highest BCUT2D eigenvalue weighted by atomic mass is 16.6. The van der Waals surface area contributed by atoms with E-state index < -0.39 is 18.2 Å². The van der Waals surface area contributed by atoms with Crippen LogP contribution in [0.3, 0.4) is 0 Å². The second-order valence-corrected chi connectivity index (χ2v) is 3.66. The molecule has 1 N–H and O–H groups in total. The molecule has 0 saturated carbocycles. The number of ether oxygens (including phenoxy) is 3. The third kappa shape index (κ3) is 5.85. The van der Waals surface area contributed by atoms with E-state index in [1.807, 2.05) is 5.32 Å². The maximum atomic E-state index is 11.2. The fourth-order valence-corrected chi connectivity index (χ4v) is 1.26. The van der Waals surface area contributed by atoms with Crippen LogP contribution in [0.1, 0.15) is 19.4 Å². The van der Waals surface area contributed by atoms with Gasteiger partial charge in [0.2, 0.25) is 0 Å². The van der Waals surface area contributed by atoms with Gasteiger partial charge in [0.05, 0.1) is 6.61 Å². The first-order valence-electron chi connectivity index (χ1n) is 5.89. The summed E-state index contributed by atoms with van der Waals surface area (Å²) in [6.07, 6.45) is -1.75. The van der Waals surface area contributed by atoms with E-state index in [1.165, 1.54) is 6.92 Å². The SMILES string of the molecule is CCOC(=O)NC(=O)OCc1ccc(OC(C)=O)cc1. The Labute approximate surface area is 115 Å². The highest BCUT2D eigenvalue weighted by molar-refractivity contribution is 5.87. The van der Waals surface area contributed by atoms with Gasteiger partial charge in [0.15, 0.2) is 0 Å². The van der Waals surface area contributed by atoms with E-state index in [1.54, 1.807) is 31.2 Å². The molecule has 0 saturated heterocycles. The number of nitrogens with one attached hydrogen (secondary N) is 1. The fraction of sp³-hybridized carbons (Fsp3) is 0.308. The summed E-state index contributed by atoms with van der Waals surface area (Å²) in [7, 11) is 0. The number of benzene rings is 1. The molecule has 108 valence electrons. The van der Waals surface area contributed by atoms with Crippen molar-refractivity contribution in [2.45, 2.75) is 20.5 Å². The van der Waals surface area contributed by atoms with Gasteiger partial charge in [-0.05, 0) is 24.6 Å². The number of imide groups is 1. The summed E-state index contributed by atoms with van der Waals surface area (Å²) in [5.41, 5.74) is 0.680. The summed E-state index contributed by atoms with van der Waals surface area (Å²) in [6.45, 7) is 3.06. The summed E-state index contributed by atoms with van der Waals surface area (Å²) < 4.78 is 14.2. The van der Waals surface area contributed by atoms with Crippen LogP contribution in [-0.2, 0) is 20.9 Å². The van der Waals surface area contributed by atoms with Gasteiger partial charge >= 0.3 is 18.2 Å². The Morgan fingerprint density at radius 3 is 2.20 bits per heavy atom. The molecule has 1 aromatic carbocycles. The molecule has 0 aliphatic carbocycles. The van der Waals surface area contributed by atoms with Crippen LogP contribution in [0.2, 0.25) is 0 Å². The molecular weight excluding hydrogens is 266 g/mol. The number of carbonyl (C=O) groups is 3. The maximum Gasteiger partial charge on any atom is 0.416 e. The average molecular weight is 281 g/mol. The molecule has 0 aliphatic rings. The molecule has 1 aromatic rings. The number of carbonyl (C=O) groups excluding carboxylic acids is 3. The fourth-order valence-electron chi connectivity index (χ4n) is 1.26. The summed E-state index contributed by atoms with van der Waals surface area (Å²) >= 11 is 0. The standard InChI is InChI=1S/C13H15NO6/c1-3-18-12(16)14-13(17)19-8-10-4-6-11(7-5-10)20-9(2)15/h4-7H,3,8H2,1-2H3,(H,14,16,17). The van der Waals surface area contributed by atoms with E-state index in [0.717, 1.165) is 0 Å². The molecule has 0 heterocycles. The molecule has 1 rings (SSSR count). The Morgan fingerprint density at radius 2 is 1.65 bits per heavy atom. The van der Waals surface area contributed by atoms with Crippen molar-refractivity contribution >= 4 is 18.2 Å². The number of rotatable bonds is 4. The molecule has 0 spiro atoms. The molecule has 0 radical (unpaired) electrons. The van der Waals surface area contributed by atoms with Crippen LogP contribution >= 0.6 is 0 Å². The number of hydrogen-bond donors (Lipinski definition) is 1. The van der Waals surface area contributed by atoms with Gasteiger partial charge in [-0.15, -0.1) is 0 Å². The van der Waals surface area contributed by atoms with Crippen LogP contribution in [0.25, 0.3) is 0 Å². The van der Waals surface area contributed by atoms with E-state index in [0.29, 0.717) is 11.3 Å². The lowest BCUT2D eigenvalue weighted by molar-refractivity contribution is -0.131. The van der Waals surface area contributed by atoms with Gasteiger partial charge in [-0.25, -0.2) is 14.9 Å². The van der Waals surface area contributed by atoms with Gasteiger partial charge in [0.25, 0.3) is 0 Å². The highest BCUT2D eigenvalue weighted by Crippen LogP contribution is 2.13. The number of esters is 1. The highest BCUT2D eigenvalue weighted by Gasteiger charge is 2.09. The minimum atomic E-state index is -0.896. The second kappa shape index (κ2) is 7.78. The normalized spacial score (nSPS) is 9.50. The van der Waals surface area contributed by atoms with Gasteiger partial charge in [-0.1, -0.05) is 12.1 Å². The predicted octanol–water partition coefficient (Wildman–Crippen LogP) is 1.99. The van der Waals surface area contributed by atoms with E-state index in [2.05, 4.69) is 4.74 Å². The summed E-state index contributed by atoms with van der Waals surface area (Å²) in [4.78, 5) is 32.9. The van der Waals surface area contributed by atoms with Crippen LogP contribution in [0.5, 0.6) is 5.75 Å². The largest absolute Gasteiger partial charge is 0.449 e. The molecule has 0 fully saturated rings. The average Bonchev–Trinajstić information content (AvgIpc) is 2.37. The number of hydrogen-bond acceptors (Lipinski definition) is 6. The molecule has 20 heavy (non-hydrogen) atoms. The van der Waals surface area contributed by atoms with Crippen molar-refractivity contribution in [3.05, 3.63) is 29.8 Å². The summed E-state index contributed by atoms with van der Waals surface area (Å²) in [5.74, 6) is -0.0139. The number of amides is 2. The van der Waals surface area contributed by atoms with Gasteiger partial charge in [0, 0.05) is 6.92 Å². The Morgan fingerprint density at radius 1 is 1.05 bits per heavy atom. The van der Waals surface area contributed by atoms with Crippen molar-refractivity contribution in [3.8, 4) is 5.75 Å². The van der Waals surface area contributed by atoms with E-state index in [9.17, 15) is 14.4 Å². The first kappa shape index (κ1) is 15.5. The van der Waals surface area contributed by atoms with Crippen molar-refractivity contribution in [3.63, 3.8) is 0 Å². The number of alkyl carbamates (subject to hydrolysis) is 2. The van der Waals surface area contributed by atoms with Gasteiger partial charge in [0.1, 0.15) is 12.4 Å². The Balaban J connectivity index is 2.39. The van der Waals surface area contributed by atoms with E-state index >= 15 is 0 Å². The topological polar surface area (TPSA) is 90.9 Å². The molecule has 0 unspecified atom stereocenters. The molecule has 0 bridgehead atoms. The van der Waals surface area contributed by atoms with E-state index in [4.69, 9.17) is 9.47 Å². The zero-order valence-corrected chi connectivity index (χ0v) is 11.2. The monoisotopic (exact) mass is 281 g/mol. The molecule has 0 aliphatic heterocycles. The van der Waals surface area contributed by atoms with Gasteiger partial charge in [-0.3, -0.25) is 4.79 Å². The van der Waals surface area contributed by atoms with Crippen molar-refractivity contribution in [1.29, 1.82) is 0 Å². The van der Waals surface area contributed by atoms with Crippen LogP contribution in [0.15, 0.2) is 24.3 Å². The molecule has 0 aromatic heterocycles. The first-order valence-corrected chi connectivity index (χ1v) is 5.89. The van der Waals surface area contributed by atoms with Crippen LogP contribution in [-0.4, -0.2) is 24.8 Å². The summed E-state index contributed by atoms with van der Waals surface area (Å²) in [6, 6.07) is 6.42. The minimum Gasteiger partial charge on any atom is -0.449 e.